The normalized spacial score (nSPS) is 10.5. The zero-order chi connectivity index (χ0) is 14.8. The molecule has 104 valence electrons. The molecule has 3 nitrogen and oxygen atoms in total. The first-order valence-electron chi connectivity index (χ1n) is 6.49. The summed E-state index contributed by atoms with van der Waals surface area (Å²) >= 11 is 5.86. The molecule has 0 radical (unpaired) electrons. The van der Waals surface area contributed by atoms with Crippen LogP contribution in [0.3, 0.4) is 0 Å². The van der Waals surface area contributed by atoms with Gasteiger partial charge in [0.15, 0.2) is 0 Å². The molecule has 0 saturated carbocycles. The number of amides is 1. The number of hydrogen-bond acceptors (Lipinski definition) is 2. The Labute approximate surface area is 127 Å². The van der Waals surface area contributed by atoms with Crippen LogP contribution in [0, 0.1) is 0 Å². The Morgan fingerprint density at radius 3 is 2.57 bits per heavy atom. The van der Waals surface area contributed by atoms with Crippen molar-refractivity contribution in [1.29, 1.82) is 0 Å². The van der Waals surface area contributed by atoms with Crippen molar-refractivity contribution in [3.63, 3.8) is 0 Å². The molecule has 0 aromatic heterocycles. The van der Waals surface area contributed by atoms with E-state index < -0.39 is 0 Å². The summed E-state index contributed by atoms with van der Waals surface area (Å²) in [5.74, 6) is -0.194. The van der Waals surface area contributed by atoms with Gasteiger partial charge in [0.05, 0.1) is 11.4 Å². The van der Waals surface area contributed by atoms with Gasteiger partial charge >= 0.3 is 0 Å². The number of carbonyl (C=O) groups is 1. The van der Waals surface area contributed by atoms with Gasteiger partial charge < -0.3 is 11.1 Å². The summed E-state index contributed by atoms with van der Waals surface area (Å²) < 4.78 is 0. The van der Waals surface area contributed by atoms with Crippen LogP contribution in [0.2, 0.25) is 5.02 Å². The maximum Gasteiger partial charge on any atom is 0.256 e. The summed E-state index contributed by atoms with van der Waals surface area (Å²) in [5, 5.41) is 5.29. The number of nitrogen functional groups attached to an aromatic ring is 1. The molecule has 0 aliphatic rings. The average molecular weight is 297 g/mol. The molecule has 3 N–H and O–H groups in total. The van der Waals surface area contributed by atoms with Crippen molar-refractivity contribution in [2.75, 3.05) is 11.1 Å². The van der Waals surface area contributed by atoms with Gasteiger partial charge in [0.2, 0.25) is 0 Å². The van der Waals surface area contributed by atoms with Crippen LogP contribution in [0.1, 0.15) is 10.4 Å². The molecule has 1 amide bonds. The van der Waals surface area contributed by atoms with Gasteiger partial charge in [0.1, 0.15) is 0 Å². The van der Waals surface area contributed by atoms with Crippen molar-refractivity contribution in [3.8, 4) is 0 Å². The fourth-order valence-corrected chi connectivity index (χ4v) is 2.44. The van der Waals surface area contributed by atoms with E-state index in [1.54, 1.807) is 24.3 Å². The van der Waals surface area contributed by atoms with Crippen LogP contribution in [0.15, 0.2) is 60.7 Å². The largest absolute Gasteiger partial charge is 0.397 e. The van der Waals surface area contributed by atoms with Crippen molar-refractivity contribution < 1.29 is 4.79 Å². The highest BCUT2D eigenvalue weighted by atomic mass is 35.5. The van der Waals surface area contributed by atoms with Crippen molar-refractivity contribution in [1.82, 2.24) is 0 Å². The molecule has 0 atom stereocenters. The molecule has 4 heteroatoms. The highest BCUT2D eigenvalue weighted by Crippen LogP contribution is 2.25. The third-order valence-electron chi connectivity index (χ3n) is 3.30. The molecule has 3 aromatic carbocycles. The van der Waals surface area contributed by atoms with E-state index in [0.29, 0.717) is 22.0 Å². The molecule has 0 fully saturated rings. The second kappa shape index (κ2) is 5.46. The lowest BCUT2D eigenvalue weighted by atomic mass is 10.0. The standard InChI is InChI=1S/C17H13ClN2O/c18-12-8-9-16(15(19)10-12)20-17(21)14-7-3-5-11-4-1-2-6-13(11)14/h1-10H,19H2,(H,20,21). The Kier molecular flexibility index (Phi) is 3.50. The number of nitrogens with one attached hydrogen (secondary N) is 1. The van der Waals surface area contributed by atoms with E-state index in [1.165, 1.54) is 0 Å². The second-order valence-corrected chi connectivity index (χ2v) is 5.15. The summed E-state index contributed by atoms with van der Waals surface area (Å²) in [6, 6.07) is 18.4. The van der Waals surface area contributed by atoms with E-state index in [0.717, 1.165) is 10.8 Å². The van der Waals surface area contributed by atoms with Crippen LogP contribution in [-0.4, -0.2) is 5.91 Å². The SMILES string of the molecule is Nc1cc(Cl)ccc1NC(=O)c1cccc2ccccc12. The average Bonchev–Trinajstić information content (AvgIpc) is 2.49. The number of nitrogens with two attached hydrogens (primary N) is 1. The molecule has 0 saturated heterocycles. The minimum Gasteiger partial charge on any atom is -0.397 e. The Hall–Kier alpha value is -2.52. The quantitative estimate of drug-likeness (QED) is 0.692. The molecule has 3 rings (SSSR count). The van der Waals surface area contributed by atoms with Gasteiger partial charge in [-0.1, -0.05) is 48.0 Å². The van der Waals surface area contributed by atoms with E-state index in [-0.39, 0.29) is 5.91 Å². The lowest BCUT2D eigenvalue weighted by Gasteiger charge is -2.10. The summed E-state index contributed by atoms with van der Waals surface area (Å²) in [7, 11) is 0. The fourth-order valence-electron chi connectivity index (χ4n) is 2.26. The van der Waals surface area contributed by atoms with Crippen molar-refractivity contribution in [2.24, 2.45) is 0 Å². The van der Waals surface area contributed by atoms with E-state index in [4.69, 9.17) is 17.3 Å². The van der Waals surface area contributed by atoms with Gasteiger partial charge in [-0.05, 0) is 35.0 Å². The van der Waals surface area contributed by atoms with Crippen LogP contribution in [-0.2, 0) is 0 Å². The van der Waals surface area contributed by atoms with Crippen molar-refractivity contribution in [2.45, 2.75) is 0 Å². The predicted octanol–water partition coefficient (Wildman–Crippen LogP) is 4.33. The summed E-state index contributed by atoms with van der Waals surface area (Å²) in [6.07, 6.45) is 0. The Balaban J connectivity index is 1.97. The lowest BCUT2D eigenvalue weighted by Crippen LogP contribution is -2.13. The maximum absolute atomic E-state index is 12.5. The molecule has 0 aliphatic heterocycles. The Morgan fingerprint density at radius 2 is 1.76 bits per heavy atom. The molecule has 0 aliphatic carbocycles. The van der Waals surface area contributed by atoms with Gasteiger partial charge in [-0.3, -0.25) is 4.79 Å². The Morgan fingerprint density at radius 1 is 1.00 bits per heavy atom. The molecule has 21 heavy (non-hydrogen) atoms. The Bertz CT molecular complexity index is 825. The molecule has 3 aromatic rings. The number of hydrogen-bond donors (Lipinski definition) is 2. The zero-order valence-electron chi connectivity index (χ0n) is 11.1. The first-order chi connectivity index (χ1) is 10.1. The first-order valence-corrected chi connectivity index (χ1v) is 6.87. The molecule has 0 spiro atoms. The third-order valence-corrected chi connectivity index (χ3v) is 3.53. The minimum atomic E-state index is -0.194. The summed E-state index contributed by atoms with van der Waals surface area (Å²) in [5.41, 5.74) is 7.47. The lowest BCUT2D eigenvalue weighted by molar-refractivity contribution is 0.102. The van der Waals surface area contributed by atoms with Crippen LogP contribution in [0.4, 0.5) is 11.4 Å². The molecular formula is C17H13ClN2O. The number of fused-ring (bicyclic) bond motifs is 1. The highest BCUT2D eigenvalue weighted by Gasteiger charge is 2.11. The van der Waals surface area contributed by atoms with E-state index in [1.807, 2.05) is 36.4 Å². The molecule has 0 heterocycles. The first kappa shape index (κ1) is 13.5. The number of anilines is 2. The zero-order valence-corrected chi connectivity index (χ0v) is 11.9. The van der Waals surface area contributed by atoms with E-state index >= 15 is 0 Å². The summed E-state index contributed by atoms with van der Waals surface area (Å²) in [6.45, 7) is 0. The van der Waals surface area contributed by atoms with Crippen molar-refractivity contribution >= 4 is 39.7 Å². The summed E-state index contributed by atoms with van der Waals surface area (Å²) in [4.78, 5) is 12.5. The van der Waals surface area contributed by atoms with Crippen LogP contribution < -0.4 is 11.1 Å². The van der Waals surface area contributed by atoms with Crippen LogP contribution >= 0.6 is 11.6 Å². The second-order valence-electron chi connectivity index (χ2n) is 4.71. The van der Waals surface area contributed by atoms with Gasteiger partial charge in [0, 0.05) is 10.6 Å². The van der Waals surface area contributed by atoms with Crippen molar-refractivity contribution in [3.05, 3.63) is 71.2 Å². The fraction of sp³-hybridized carbons (Fsp3) is 0. The third kappa shape index (κ3) is 2.69. The van der Waals surface area contributed by atoms with Gasteiger partial charge in [-0.15, -0.1) is 0 Å². The number of carbonyl (C=O) groups excluding carboxylic acids is 1. The van der Waals surface area contributed by atoms with E-state index in [9.17, 15) is 4.79 Å². The monoisotopic (exact) mass is 296 g/mol. The topological polar surface area (TPSA) is 55.1 Å². The maximum atomic E-state index is 12.5. The molecular weight excluding hydrogens is 284 g/mol. The smallest absolute Gasteiger partial charge is 0.256 e. The minimum absolute atomic E-state index is 0.194. The van der Waals surface area contributed by atoms with E-state index in [2.05, 4.69) is 5.32 Å². The number of rotatable bonds is 2. The molecule has 0 unspecified atom stereocenters. The van der Waals surface area contributed by atoms with Gasteiger partial charge in [-0.2, -0.15) is 0 Å². The highest BCUT2D eigenvalue weighted by molar-refractivity contribution is 6.31. The molecule has 0 bridgehead atoms. The van der Waals surface area contributed by atoms with Crippen LogP contribution in [0.5, 0.6) is 0 Å². The van der Waals surface area contributed by atoms with Gasteiger partial charge in [0.25, 0.3) is 5.91 Å². The van der Waals surface area contributed by atoms with Crippen LogP contribution in [0.25, 0.3) is 10.8 Å². The number of benzene rings is 3. The predicted molar refractivity (Wildman–Crippen MR) is 87.8 cm³/mol. The van der Waals surface area contributed by atoms with Gasteiger partial charge in [-0.25, -0.2) is 0 Å². The number of halogens is 1.